The first-order valence-electron chi connectivity index (χ1n) is 7.79. The number of likely N-dealkylation sites (tertiary alicyclic amines) is 1. The largest absolute Gasteiger partial charge is 0.338 e. The van der Waals surface area contributed by atoms with Crippen LogP contribution in [-0.4, -0.2) is 55.1 Å². The van der Waals surface area contributed by atoms with E-state index in [-0.39, 0.29) is 5.91 Å². The molecule has 0 N–H and O–H groups in total. The predicted octanol–water partition coefficient (Wildman–Crippen LogP) is 2.87. The Morgan fingerprint density at radius 2 is 2.19 bits per heavy atom. The lowest BCUT2D eigenvalue weighted by atomic mass is 10.0. The fourth-order valence-corrected chi connectivity index (χ4v) is 2.42. The maximum atomic E-state index is 12.2. The molecule has 0 aromatic heterocycles. The lowest BCUT2D eigenvalue weighted by molar-refractivity contribution is -0.131. The highest BCUT2D eigenvalue weighted by atomic mass is 16.2. The molecule has 4 heteroatoms. The number of aliphatic imine (C=N–C) groups is 1. The van der Waals surface area contributed by atoms with E-state index in [9.17, 15) is 4.79 Å². The van der Waals surface area contributed by atoms with Crippen molar-refractivity contribution in [1.82, 2.24) is 9.80 Å². The average molecular weight is 291 g/mol. The van der Waals surface area contributed by atoms with Crippen molar-refractivity contribution in [3.05, 3.63) is 23.9 Å². The van der Waals surface area contributed by atoms with Gasteiger partial charge in [-0.2, -0.15) is 0 Å². The molecule has 0 unspecified atom stereocenters. The molecule has 1 rings (SSSR count). The molecule has 1 heterocycles. The summed E-state index contributed by atoms with van der Waals surface area (Å²) < 4.78 is 0. The third-order valence-corrected chi connectivity index (χ3v) is 3.57. The Morgan fingerprint density at radius 1 is 1.48 bits per heavy atom. The number of piperidine rings is 1. The van der Waals surface area contributed by atoms with Crippen LogP contribution in [0.3, 0.4) is 0 Å². The van der Waals surface area contributed by atoms with Crippen LogP contribution >= 0.6 is 0 Å². The molecule has 0 spiro atoms. The van der Waals surface area contributed by atoms with E-state index in [1.54, 1.807) is 0 Å². The highest BCUT2D eigenvalue weighted by Crippen LogP contribution is 2.15. The van der Waals surface area contributed by atoms with Crippen LogP contribution < -0.4 is 0 Å². The number of hydrogen-bond donors (Lipinski definition) is 0. The van der Waals surface area contributed by atoms with Gasteiger partial charge in [-0.3, -0.25) is 9.79 Å². The minimum Gasteiger partial charge on any atom is -0.338 e. The minimum atomic E-state index is 0.234. The van der Waals surface area contributed by atoms with Crippen molar-refractivity contribution < 1.29 is 4.79 Å². The summed E-state index contributed by atoms with van der Waals surface area (Å²) in [5.41, 5.74) is 3.07. The number of nitrogens with zero attached hydrogens (tertiary/aromatic N) is 3. The maximum Gasteiger partial charge on any atom is 0.222 e. The molecule has 0 saturated carbocycles. The topological polar surface area (TPSA) is 35.9 Å². The lowest BCUT2D eigenvalue weighted by Gasteiger charge is -2.29. The maximum absolute atomic E-state index is 12.2. The normalized spacial score (nSPS) is 18.7. The van der Waals surface area contributed by atoms with Gasteiger partial charge in [0.15, 0.2) is 0 Å². The van der Waals surface area contributed by atoms with Gasteiger partial charge in [0.2, 0.25) is 5.91 Å². The van der Waals surface area contributed by atoms with E-state index in [0.717, 1.165) is 49.3 Å². The molecule has 21 heavy (non-hydrogen) atoms. The van der Waals surface area contributed by atoms with Gasteiger partial charge in [0.25, 0.3) is 0 Å². The molecule has 1 fully saturated rings. The van der Waals surface area contributed by atoms with Crippen molar-refractivity contribution in [2.24, 2.45) is 4.99 Å². The summed E-state index contributed by atoms with van der Waals surface area (Å²) in [7, 11) is 4.06. The molecular formula is C17H29N3O. The summed E-state index contributed by atoms with van der Waals surface area (Å²) in [6.07, 6.45) is 5.44. The molecule has 0 bridgehead atoms. The van der Waals surface area contributed by atoms with Gasteiger partial charge in [-0.25, -0.2) is 0 Å². The lowest BCUT2D eigenvalue weighted by Crippen LogP contribution is -2.40. The van der Waals surface area contributed by atoms with Crippen LogP contribution in [0.2, 0.25) is 0 Å². The molecule has 1 aliphatic rings. The van der Waals surface area contributed by atoms with E-state index in [1.165, 1.54) is 0 Å². The third kappa shape index (κ3) is 6.25. The van der Waals surface area contributed by atoms with Crippen LogP contribution in [0.25, 0.3) is 0 Å². The second-order valence-corrected chi connectivity index (χ2v) is 5.89. The zero-order valence-corrected chi connectivity index (χ0v) is 14.0. The predicted molar refractivity (Wildman–Crippen MR) is 89.6 cm³/mol. The molecular weight excluding hydrogens is 262 g/mol. The molecule has 118 valence electrons. The van der Waals surface area contributed by atoms with Gasteiger partial charge < -0.3 is 9.80 Å². The number of carbonyl (C=O) groups is 1. The zero-order valence-electron chi connectivity index (χ0n) is 14.0. The van der Waals surface area contributed by atoms with Gasteiger partial charge in [0.05, 0.1) is 0 Å². The monoisotopic (exact) mass is 291 g/mol. The SMILES string of the molecule is C=C1CN(C(=O)CCCN(C)C)CCC1=N/C(C)=C\CC. The average Bonchev–Trinajstić information content (AvgIpc) is 2.40. The number of allylic oxidation sites excluding steroid dienone is 2. The van der Waals surface area contributed by atoms with Crippen LogP contribution in [-0.2, 0) is 4.79 Å². The van der Waals surface area contributed by atoms with E-state index in [4.69, 9.17) is 0 Å². The Balaban J connectivity index is 2.50. The number of hydrogen-bond acceptors (Lipinski definition) is 3. The smallest absolute Gasteiger partial charge is 0.222 e. The van der Waals surface area contributed by atoms with Gasteiger partial charge in [0, 0.05) is 37.3 Å². The van der Waals surface area contributed by atoms with E-state index in [0.29, 0.717) is 13.0 Å². The van der Waals surface area contributed by atoms with Crippen LogP contribution in [0.15, 0.2) is 28.9 Å². The second-order valence-electron chi connectivity index (χ2n) is 5.89. The molecule has 0 aliphatic carbocycles. The van der Waals surface area contributed by atoms with Gasteiger partial charge in [-0.15, -0.1) is 0 Å². The number of amides is 1. The quantitative estimate of drug-likeness (QED) is 0.754. The Morgan fingerprint density at radius 3 is 2.76 bits per heavy atom. The molecule has 1 saturated heterocycles. The Labute approximate surface area is 129 Å². The van der Waals surface area contributed by atoms with Crippen LogP contribution in [0, 0.1) is 0 Å². The summed E-state index contributed by atoms with van der Waals surface area (Å²) in [4.78, 5) is 20.8. The summed E-state index contributed by atoms with van der Waals surface area (Å²) in [5, 5.41) is 0. The molecule has 0 atom stereocenters. The molecule has 1 aliphatic heterocycles. The highest BCUT2D eigenvalue weighted by molar-refractivity contribution is 6.02. The number of carbonyl (C=O) groups excluding carboxylic acids is 1. The zero-order chi connectivity index (χ0) is 15.8. The Kier molecular flexibility index (Phi) is 7.37. The van der Waals surface area contributed by atoms with Crippen molar-refractivity contribution in [3.63, 3.8) is 0 Å². The number of rotatable bonds is 6. The fraction of sp³-hybridized carbons (Fsp3) is 0.647. The molecule has 0 aromatic rings. The summed E-state index contributed by atoms with van der Waals surface area (Å²) in [5.74, 6) is 0.234. The van der Waals surface area contributed by atoms with Crippen LogP contribution in [0.4, 0.5) is 0 Å². The van der Waals surface area contributed by atoms with Crippen LogP contribution in [0.5, 0.6) is 0 Å². The van der Waals surface area contributed by atoms with E-state index >= 15 is 0 Å². The van der Waals surface area contributed by atoms with Crippen molar-refractivity contribution in [2.45, 2.75) is 39.5 Å². The summed E-state index contributed by atoms with van der Waals surface area (Å²) in [6, 6.07) is 0. The van der Waals surface area contributed by atoms with E-state index < -0.39 is 0 Å². The molecule has 0 radical (unpaired) electrons. The Bertz CT molecular complexity index is 435. The second kappa shape index (κ2) is 8.78. The first kappa shape index (κ1) is 17.6. The molecule has 1 amide bonds. The van der Waals surface area contributed by atoms with Crippen molar-refractivity contribution in [2.75, 3.05) is 33.7 Å². The first-order chi connectivity index (χ1) is 9.93. The molecule has 4 nitrogen and oxygen atoms in total. The van der Waals surface area contributed by atoms with Crippen molar-refractivity contribution in [3.8, 4) is 0 Å². The van der Waals surface area contributed by atoms with Gasteiger partial charge in [-0.05, 0) is 46.0 Å². The van der Waals surface area contributed by atoms with E-state index in [2.05, 4.69) is 29.5 Å². The van der Waals surface area contributed by atoms with Gasteiger partial charge in [0.1, 0.15) is 0 Å². The summed E-state index contributed by atoms with van der Waals surface area (Å²) >= 11 is 0. The fourth-order valence-electron chi connectivity index (χ4n) is 2.42. The van der Waals surface area contributed by atoms with Crippen molar-refractivity contribution >= 4 is 11.6 Å². The van der Waals surface area contributed by atoms with Crippen molar-refractivity contribution in [1.29, 1.82) is 0 Å². The minimum absolute atomic E-state index is 0.234. The highest BCUT2D eigenvalue weighted by Gasteiger charge is 2.22. The molecule has 0 aromatic carbocycles. The third-order valence-electron chi connectivity index (χ3n) is 3.57. The van der Waals surface area contributed by atoms with Crippen LogP contribution in [0.1, 0.15) is 39.5 Å². The Hall–Kier alpha value is -1.42. The summed E-state index contributed by atoms with van der Waals surface area (Å²) in [6.45, 7) is 10.5. The standard InChI is InChI=1S/C17H29N3O/c1-6-8-15(3)18-16-10-12-20(13-14(16)2)17(21)9-7-11-19(4)5/h8H,2,6-7,9-13H2,1,3-5H3/b15-8-,18-16?. The first-order valence-corrected chi connectivity index (χ1v) is 7.79. The van der Waals surface area contributed by atoms with Gasteiger partial charge >= 0.3 is 0 Å². The van der Waals surface area contributed by atoms with Gasteiger partial charge in [-0.1, -0.05) is 19.6 Å². The van der Waals surface area contributed by atoms with E-state index in [1.807, 2.05) is 25.9 Å².